The van der Waals surface area contributed by atoms with Crippen molar-refractivity contribution in [3.8, 4) is 5.75 Å². The van der Waals surface area contributed by atoms with E-state index in [4.69, 9.17) is 4.74 Å². The van der Waals surface area contributed by atoms with Gasteiger partial charge in [0.05, 0.1) is 6.26 Å². The fourth-order valence-corrected chi connectivity index (χ4v) is 2.32. The topological polar surface area (TPSA) is 39.2 Å². The quantitative estimate of drug-likeness (QED) is 0.385. The summed E-state index contributed by atoms with van der Waals surface area (Å²) in [5.41, 5.74) is 1.38. The van der Waals surface area contributed by atoms with Gasteiger partial charge in [-0.05, 0) is 36.4 Å². The zero-order valence-corrected chi connectivity index (χ0v) is 13.2. The highest BCUT2D eigenvalue weighted by Gasteiger charge is 2.03. The summed E-state index contributed by atoms with van der Waals surface area (Å²) in [5, 5.41) is 0.993. The molecule has 3 rings (SSSR count). The van der Waals surface area contributed by atoms with Crippen LogP contribution in [0.15, 0.2) is 77.6 Å². The van der Waals surface area contributed by atoms with Gasteiger partial charge in [0.2, 0.25) is 0 Å². The highest BCUT2D eigenvalue weighted by Crippen LogP contribution is 2.23. The summed E-state index contributed by atoms with van der Waals surface area (Å²) in [7, 11) is 0. The minimum Gasteiger partial charge on any atom is -0.463 e. The number of ketones is 1. The van der Waals surface area contributed by atoms with E-state index < -0.39 is 0 Å². The van der Waals surface area contributed by atoms with Gasteiger partial charge >= 0.3 is 0 Å². The molecule has 0 bridgehead atoms. The largest absolute Gasteiger partial charge is 0.463 e. The average molecular weight is 354 g/mol. The van der Waals surface area contributed by atoms with E-state index in [9.17, 15) is 4.79 Å². The summed E-state index contributed by atoms with van der Waals surface area (Å²) in [6.45, 7) is 0. The molecule has 4 heteroatoms. The van der Waals surface area contributed by atoms with E-state index in [0.717, 1.165) is 15.4 Å². The highest BCUT2D eigenvalue weighted by molar-refractivity contribution is 9.10. The highest BCUT2D eigenvalue weighted by atomic mass is 79.9. The first kappa shape index (κ1) is 14.5. The molecular formula is C18H12BrNO2. The summed E-state index contributed by atoms with van der Waals surface area (Å²) in [6.07, 6.45) is 4.52. The Kier molecular flexibility index (Phi) is 4.30. The van der Waals surface area contributed by atoms with Crippen molar-refractivity contribution in [3.63, 3.8) is 0 Å². The molecule has 0 aliphatic rings. The maximum atomic E-state index is 12.0. The third kappa shape index (κ3) is 3.23. The molecule has 1 aromatic heterocycles. The van der Waals surface area contributed by atoms with Gasteiger partial charge in [0.1, 0.15) is 5.52 Å². The molecule has 0 atom stereocenters. The van der Waals surface area contributed by atoms with Crippen LogP contribution in [0, 0.1) is 0 Å². The van der Waals surface area contributed by atoms with E-state index in [1.54, 1.807) is 18.3 Å². The molecule has 0 N–H and O–H groups in total. The van der Waals surface area contributed by atoms with Crippen molar-refractivity contribution in [2.75, 3.05) is 0 Å². The maximum Gasteiger partial charge on any atom is 0.188 e. The predicted molar refractivity (Wildman–Crippen MR) is 90.0 cm³/mol. The van der Waals surface area contributed by atoms with Crippen LogP contribution in [-0.2, 0) is 0 Å². The van der Waals surface area contributed by atoms with Crippen molar-refractivity contribution in [2.24, 2.45) is 0 Å². The first-order chi connectivity index (χ1) is 10.7. The lowest BCUT2D eigenvalue weighted by Gasteiger charge is -2.03. The number of fused-ring (bicyclic) bond motifs is 1. The standard InChI is InChI=1S/C18H12BrNO2/c19-15-8-6-13(7-9-15)16(21)10-12-22-17-5-1-3-14-4-2-11-20-18(14)17/h1-12H. The number of aromatic nitrogens is 1. The van der Waals surface area contributed by atoms with Gasteiger partial charge in [-0.1, -0.05) is 34.1 Å². The van der Waals surface area contributed by atoms with E-state index in [1.807, 2.05) is 42.5 Å². The lowest BCUT2D eigenvalue weighted by Crippen LogP contribution is -1.95. The van der Waals surface area contributed by atoms with E-state index in [2.05, 4.69) is 20.9 Å². The second kappa shape index (κ2) is 6.54. The normalized spacial score (nSPS) is 11.0. The Morgan fingerprint density at radius 2 is 1.82 bits per heavy atom. The van der Waals surface area contributed by atoms with E-state index >= 15 is 0 Å². The number of rotatable bonds is 4. The van der Waals surface area contributed by atoms with Crippen LogP contribution < -0.4 is 4.74 Å². The van der Waals surface area contributed by atoms with Crippen LogP contribution in [0.25, 0.3) is 10.9 Å². The van der Waals surface area contributed by atoms with Crippen LogP contribution in [-0.4, -0.2) is 10.8 Å². The lowest BCUT2D eigenvalue weighted by molar-refractivity contribution is 0.104. The molecule has 3 nitrogen and oxygen atoms in total. The van der Waals surface area contributed by atoms with Crippen LogP contribution in [0.5, 0.6) is 5.75 Å². The second-order valence-corrected chi connectivity index (χ2v) is 5.54. The fraction of sp³-hybridized carbons (Fsp3) is 0. The number of halogens is 1. The average Bonchev–Trinajstić information content (AvgIpc) is 2.55. The van der Waals surface area contributed by atoms with Gasteiger partial charge in [-0.15, -0.1) is 0 Å². The molecule has 3 aromatic rings. The minimum atomic E-state index is -0.110. The fourth-order valence-electron chi connectivity index (χ4n) is 2.05. The third-order valence-corrected chi connectivity index (χ3v) is 3.67. The number of carbonyl (C=O) groups is 1. The SMILES string of the molecule is O=C(C=COc1cccc2cccnc12)c1ccc(Br)cc1. The number of allylic oxidation sites excluding steroid dienone is 1. The molecule has 0 saturated carbocycles. The molecule has 0 unspecified atom stereocenters. The van der Waals surface area contributed by atoms with E-state index in [1.165, 1.54) is 12.3 Å². The number of para-hydroxylation sites is 1. The number of nitrogens with zero attached hydrogens (tertiary/aromatic N) is 1. The van der Waals surface area contributed by atoms with Gasteiger partial charge in [-0.2, -0.15) is 0 Å². The summed E-state index contributed by atoms with van der Waals surface area (Å²) >= 11 is 3.34. The number of benzene rings is 2. The smallest absolute Gasteiger partial charge is 0.188 e. The first-order valence-electron chi connectivity index (χ1n) is 6.71. The molecule has 0 radical (unpaired) electrons. The Morgan fingerprint density at radius 3 is 2.64 bits per heavy atom. The Balaban J connectivity index is 1.76. The van der Waals surface area contributed by atoms with E-state index in [-0.39, 0.29) is 5.78 Å². The molecule has 0 aliphatic heterocycles. The van der Waals surface area contributed by atoms with Crippen LogP contribution in [0.4, 0.5) is 0 Å². The number of hydrogen-bond acceptors (Lipinski definition) is 3. The van der Waals surface area contributed by atoms with Crippen LogP contribution in [0.1, 0.15) is 10.4 Å². The Labute approximate surface area is 136 Å². The third-order valence-electron chi connectivity index (χ3n) is 3.14. The monoisotopic (exact) mass is 353 g/mol. The molecule has 2 aromatic carbocycles. The van der Waals surface area contributed by atoms with E-state index in [0.29, 0.717) is 11.3 Å². The van der Waals surface area contributed by atoms with Gasteiger partial charge in [-0.25, -0.2) is 0 Å². The molecule has 0 saturated heterocycles. The molecule has 0 amide bonds. The predicted octanol–water partition coefficient (Wildman–Crippen LogP) is 4.77. The molecule has 22 heavy (non-hydrogen) atoms. The summed E-state index contributed by atoms with van der Waals surface area (Å²) in [5.74, 6) is 0.513. The zero-order chi connectivity index (χ0) is 15.4. The summed E-state index contributed by atoms with van der Waals surface area (Å²) < 4.78 is 6.50. The minimum absolute atomic E-state index is 0.110. The van der Waals surface area contributed by atoms with Crippen LogP contribution >= 0.6 is 15.9 Å². The molecule has 108 valence electrons. The van der Waals surface area contributed by atoms with Crippen molar-refractivity contribution >= 4 is 32.6 Å². The first-order valence-corrected chi connectivity index (χ1v) is 7.50. The zero-order valence-electron chi connectivity index (χ0n) is 11.6. The van der Waals surface area contributed by atoms with Crippen molar-refractivity contribution in [2.45, 2.75) is 0 Å². The van der Waals surface area contributed by atoms with Gasteiger partial charge in [-0.3, -0.25) is 9.78 Å². The van der Waals surface area contributed by atoms with Gasteiger partial charge in [0.25, 0.3) is 0 Å². The van der Waals surface area contributed by atoms with Crippen molar-refractivity contribution in [1.29, 1.82) is 0 Å². The number of hydrogen-bond donors (Lipinski definition) is 0. The number of carbonyl (C=O) groups excluding carboxylic acids is 1. The van der Waals surface area contributed by atoms with Gasteiger partial charge in [0, 0.05) is 27.7 Å². The van der Waals surface area contributed by atoms with Gasteiger partial charge in [0.15, 0.2) is 11.5 Å². The lowest BCUT2D eigenvalue weighted by atomic mass is 10.1. The molecule has 0 fully saturated rings. The maximum absolute atomic E-state index is 12.0. The van der Waals surface area contributed by atoms with Crippen LogP contribution in [0.3, 0.4) is 0 Å². The number of ether oxygens (including phenoxy) is 1. The van der Waals surface area contributed by atoms with Crippen molar-refractivity contribution < 1.29 is 9.53 Å². The molecular weight excluding hydrogens is 342 g/mol. The Morgan fingerprint density at radius 1 is 1.05 bits per heavy atom. The molecule has 1 heterocycles. The van der Waals surface area contributed by atoms with Crippen LogP contribution in [0.2, 0.25) is 0 Å². The second-order valence-electron chi connectivity index (χ2n) is 4.62. The van der Waals surface area contributed by atoms with Crippen molar-refractivity contribution in [1.82, 2.24) is 4.98 Å². The number of pyridine rings is 1. The molecule has 0 spiro atoms. The Bertz CT molecular complexity index is 836. The summed E-state index contributed by atoms with van der Waals surface area (Å²) in [4.78, 5) is 16.3. The Hall–Kier alpha value is -2.46. The summed E-state index contributed by atoms with van der Waals surface area (Å²) in [6, 6.07) is 16.7. The van der Waals surface area contributed by atoms with Gasteiger partial charge < -0.3 is 4.74 Å². The molecule has 0 aliphatic carbocycles. The van der Waals surface area contributed by atoms with Crippen molar-refractivity contribution in [3.05, 3.63) is 83.2 Å².